The van der Waals surface area contributed by atoms with Crippen LogP contribution in [0.25, 0.3) is 5.70 Å². The summed E-state index contributed by atoms with van der Waals surface area (Å²) >= 11 is 0. The number of carbonyl (C=O) groups excluding carboxylic acids is 1. The largest absolute Gasteiger partial charge is 0.496 e. The SMILES string of the molecule is CCCCN(C(=O)OC(C)(C)C)C(C)(C)/C(C)=C(\N=N)c1ccc(C(F)(F)F)cc1OC. The summed E-state index contributed by atoms with van der Waals surface area (Å²) in [5.41, 5.74) is 6.13. The Labute approximate surface area is 188 Å². The summed E-state index contributed by atoms with van der Waals surface area (Å²) in [7, 11) is 1.26. The van der Waals surface area contributed by atoms with Crippen molar-refractivity contribution in [1.29, 1.82) is 5.53 Å². The normalized spacial score (nSPS) is 13.3. The first-order valence-electron chi connectivity index (χ1n) is 10.4. The van der Waals surface area contributed by atoms with Crippen LogP contribution in [0.3, 0.4) is 0 Å². The van der Waals surface area contributed by atoms with E-state index in [1.165, 1.54) is 13.2 Å². The number of benzene rings is 1. The maximum Gasteiger partial charge on any atom is 0.416 e. The van der Waals surface area contributed by atoms with Crippen LogP contribution in [0.5, 0.6) is 5.75 Å². The lowest BCUT2D eigenvalue weighted by molar-refractivity contribution is -0.137. The fourth-order valence-electron chi connectivity index (χ4n) is 3.13. The Morgan fingerprint density at radius 3 is 2.19 bits per heavy atom. The average molecular weight is 458 g/mol. The maximum atomic E-state index is 13.1. The van der Waals surface area contributed by atoms with Crippen LogP contribution in [0.1, 0.15) is 72.4 Å². The fourth-order valence-corrected chi connectivity index (χ4v) is 3.13. The van der Waals surface area contributed by atoms with Gasteiger partial charge in [0.1, 0.15) is 11.4 Å². The first-order valence-corrected chi connectivity index (χ1v) is 10.4. The Morgan fingerprint density at radius 2 is 1.75 bits per heavy atom. The van der Waals surface area contributed by atoms with Crippen LogP contribution in [0.2, 0.25) is 0 Å². The monoisotopic (exact) mass is 457 g/mol. The second-order valence-electron chi connectivity index (χ2n) is 9.04. The van der Waals surface area contributed by atoms with Crippen LogP contribution in [0.15, 0.2) is 28.9 Å². The Bertz CT molecular complexity index is 856. The molecule has 0 saturated carbocycles. The van der Waals surface area contributed by atoms with Gasteiger partial charge in [0.05, 0.1) is 23.9 Å². The first kappa shape index (κ1) is 27.5. The fraction of sp³-hybridized carbons (Fsp3) is 0.609. The van der Waals surface area contributed by atoms with Crippen molar-refractivity contribution in [2.24, 2.45) is 5.11 Å². The number of unbranched alkanes of at least 4 members (excludes halogenated alkanes) is 1. The molecule has 180 valence electrons. The lowest BCUT2D eigenvalue weighted by atomic mass is 9.89. The van der Waals surface area contributed by atoms with Crippen molar-refractivity contribution in [3.63, 3.8) is 0 Å². The van der Waals surface area contributed by atoms with Gasteiger partial charge in [-0.25, -0.2) is 10.3 Å². The molecule has 0 aliphatic carbocycles. The highest BCUT2D eigenvalue weighted by Crippen LogP contribution is 2.39. The highest BCUT2D eigenvalue weighted by molar-refractivity contribution is 5.76. The number of hydrogen-bond acceptors (Lipinski definition) is 5. The summed E-state index contributed by atoms with van der Waals surface area (Å²) in [6.45, 7) is 13.0. The van der Waals surface area contributed by atoms with E-state index >= 15 is 0 Å². The van der Waals surface area contributed by atoms with Crippen LogP contribution in [-0.2, 0) is 10.9 Å². The van der Waals surface area contributed by atoms with Gasteiger partial charge in [0.2, 0.25) is 0 Å². The summed E-state index contributed by atoms with van der Waals surface area (Å²) in [4.78, 5) is 14.6. The molecule has 0 bridgehead atoms. The second kappa shape index (κ2) is 10.4. The predicted molar refractivity (Wildman–Crippen MR) is 118 cm³/mol. The number of amides is 1. The minimum Gasteiger partial charge on any atom is -0.496 e. The molecule has 1 rings (SSSR count). The van der Waals surface area contributed by atoms with Crippen LogP contribution in [0, 0.1) is 5.53 Å². The summed E-state index contributed by atoms with van der Waals surface area (Å²) in [5.74, 6) is -0.0571. The van der Waals surface area contributed by atoms with Gasteiger partial charge >= 0.3 is 12.3 Å². The van der Waals surface area contributed by atoms with Gasteiger partial charge in [-0.15, -0.1) is 0 Å². The zero-order valence-corrected chi connectivity index (χ0v) is 20.1. The number of alkyl halides is 3. The Morgan fingerprint density at radius 1 is 1.16 bits per heavy atom. The molecule has 6 nitrogen and oxygen atoms in total. The molecule has 1 N–H and O–H groups in total. The lowest BCUT2D eigenvalue weighted by Gasteiger charge is -2.40. The maximum absolute atomic E-state index is 13.1. The predicted octanol–water partition coefficient (Wildman–Crippen LogP) is 7.29. The molecule has 1 aromatic carbocycles. The summed E-state index contributed by atoms with van der Waals surface area (Å²) < 4.78 is 50.2. The molecule has 0 spiro atoms. The van der Waals surface area contributed by atoms with Crippen molar-refractivity contribution in [3.05, 3.63) is 34.9 Å². The van der Waals surface area contributed by atoms with Gasteiger partial charge in [0.25, 0.3) is 0 Å². The van der Waals surface area contributed by atoms with E-state index in [-0.39, 0.29) is 17.0 Å². The van der Waals surface area contributed by atoms with Crippen LogP contribution < -0.4 is 4.74 Å². The van der Waals surface area contributed by atoms with E-state index in [1.54, 1.807) is 46.4 Å². The third kappa shape index (κ3) is 6.71. The molecule has 0 heterocycles. The minimum atomic E-state index is -4.53. The summed E-state index contributed by atoms with van der Waals surface area (Å²) in [6, 6.07) is 3.04. The molecule has 0 aliphatic rings. The van der Waals surface area contributed by atoms with Crippen LogP contribution in [-0.4, -0.2) is 35.8 Å². The first-order chi connectivity index (χ1) is 14.6. The second-order valence-corrected chi connectivity index (χ2v) is 9.04. The molecule has 1 amide bonds. The molecule has 0 aromatic heterocycles. The highest BCUT2D eigenvalue weighted by Gasteiger charge is 2.37. The van der Waals surface area contributed by atoms with E-state index < -0.39 is 29.0 Å². The Kier molecular flexibility index (Phi) is 8.89. The lowest BCUT2D eigenvalue weighted by Crippen LogP contribution is -2.51. The van der Waals surface area contributed by atoms with Crippen molar-refractivity contribution >= 4 is 11.8 Å². The molecule has 0 aliphatic heterocycles. The van der Waals surface area contributed by atoms with Gasteiger partial charge in [-0.2, -0.15) is 18.3 Å². The molecular formula is C23H34F3N3O3. The van der Waals surface area contributed by atoms with E-state index in [2.05, 4.69) is 5.11 Å². The smallest absolute Gasteiger partial charge is 0.416 e. The zero-order valence-electron chi connectivity index (χ0n) is 20.1. The third-order valence-corrected chi connectivity index (χ3v) is 5.19. The molecule has 0 unspecified atom stereocenters. The standard InChI is InChI=1S/C23H34F3N3O3/c1-9-10-13-29(20(30)32-21(3,4)5)22(6,7)15(2)19(28-27)17-12-11-16(23(24,25)26)14-18(17)31-8/h11-12,14,27H,9-10,13H2,1-8H3/b19-15-,28-27?. The van der Waals surface area contributed by atoms with E-state index in [0.717, 1.165) is 25.0 Å². The number of carbonyl (C=O) groups is 1. The molecular weight excluding hydrogens is 423 g/mol. The molecule has 9 heteroatoms. The number of methoxy groups -OCH3 is 1. The number of nitrogens with one attached hydrogen (secondary N) is 1. The van der Waals surface area contributed by atoms with Gasteiger partial charge in [0.15, 0.2) is 0 Å². The third-order valence-electron chi connectivity index (χ3n) is 5.19. The van der Waals surface area contributed by atoms with E-state index in [9.17, 15) is 18.0 Å². The molecule has 0 fully saturated rings. The van der Waals surface area contributed by atoms with E-state index in [4.69, 9.17) is 15.0 Å². The number of nitrogens with zero attached hydrogens (tertiary/aromatic N) is 2. The number of ether oxygens (including phenoxy) is 2. The highest BCUT2D eigenvalue weighted by atomic mass is 19.4. The number of halogens is 3. The molecule has 32 heavy (non-hydrogen) atoms. The molecule has 0 saturated heterocycles. The van der Waals surface area contributed by atoms with Gasteiger partial charge in [-0.05, 0) is 71.7 Å². The summed E-state index contributed by atoms with van der Waals surface area (Å²) in [5, 5.41) is 3.61. The van der Waals surface area contributed by atoms with Gasteiger partial charge < -0.3 is 9.47 Å². The van der Waals surface area contributed by atoms with Crippen molar-refractivity contribution in [2.75, 3.05) is 13.7 Å². The summed E-state index contributed by atoms with van der Waals surface area (Å²) in [6.07, 6.45) is -3.47. The molecule has 0 radical (unpaired) electrons. The Hall–Kier alpha value is -2.58. The van der Waals surface area contributed by atoms with E-state index in [1.807, 2.05) is 6.92 Å². The van der Waals surface area contributed by atoms with Crippen LogP contribution >= 0.6 is 0 Å². The van der Waals surface area contributed by atoms with Gasteiger partial charge in [-0.3, -0.25) is 4.90 Å². The van der Waals surface area contributed by atoms with Gasteiger partial charge in [0, 0.05) is 12.1 Å². The van der Waals surface area contributed by atoms with Crippen molar-refractivity contribution in [2.45, 2.75) is 78.6 Å². The van der Waals surface area contributed by atoms with Gasteiger partial charge in [-0.1, -0.05) is 13.3 Å². The van der Waals surface area contributed by atoms with Crippen molar-refractivity contribution in [1.82, 2.24) is 4.90 Å². The van der Waals surface area contributed by atoms with Crippen molar-refractivity contribution < 1.29 is 27.4 Å². The van der Waals surface area contributed by atoms with E-state index in [0.29, 0.717) is 12.1 Å². The number of hydrogen-bond donors (Lipinski definition) is 1. The Balaban J connectivity index is 3.60. The minimum absolute atomic E-state index is 0.0571. The quantitative estimate of drug-likeness (QED) is 0.416. The van der Waals surface area contributed by atoms with Crippen molar-refractivity contribution in [3.8, 4) is 5.75 Å². The topological polar surface area (TPSA) is 75.0 Å². The number of rotatable bonds is 8. The van der Waals surface area contributed by atoms with Crippen LogP contribution in [0.4, 0.5) is 18.0 Å². The molecule has 1 aromatic rings. The zero-order chi connectivity index (χ0) is 24.9. The molecule has 0 atom stereocenters. The average Bonchev–Trinajstić information content (AvgIpc) is 2.66.